The van der Waals surface area contributed by atoms with E-state index in [-0.39, 0.29) is 30.3 Å². The summed E-state index contributed by atoms with van der Waals surface area (Å²) in [6.45, 7) is 10.2. The van der Waals surface area contributed by atoms with Crippen LogP contribution in [-0.4, -0.2) is 54.4 Å². The summed E-state index contributed by atoms with van der Waals surface area (Å²) in [5.41, 5.74) is 0.482. The highest BCUT2D eigenvalue weighted by atomic mass is 19.3. The third-order valence-corrected chi connectivity index (χ3v) is 8.52. The minimum Gasteiger partial charge on any atom is -0.395 e. The van der Waals surface area contributed by atoms with Crippen molar-refractivity contribution in [3.8, 4) is 11.5 Å². The minimum absolute atomic E-state index is 0.00945. The maximum Gasteiger partial charge on any atom is 0.586 e. The number of aliphatic hydroxyl groups is 1. The van der Waals surface area contributed by atoms with Gasteiger partial charge in [-0.05, 0) is 55.5 Å². The van der Waals surface area contributed by atoms with Crippen molar-refractivity contribution >= 4 is 22.5 Å². The van der Waals surface area contributed by atoms with Crippen LogP contribution in [-0.2, 0) is 31.6 Å². The molecule has 1 aliphatic carbocycles. The maximum absolute atomic E-state index is 15.7. The smallest absolute Gasteiger partial charge is 0.395 e. The highest BCUT2D eigenvalue weighted by Crippen LogP contribution is 2.52. The van der Waals surface area contributed by atoms with Gasteiger partial charge in [0.2, 0.25) is 5.91 Å². The Bertz CT molecular complexity index is 1520. The molecule has 11 heteroatoms. The average molecular weight is 633 g/mol. The van der Waals surface area contributed by atoms with Gasteiger partial charge in [-0.15, -0.1) is 8.78 Å². The first kappa shape index (κ1) is 33.1. The fourth-order valence-electron chi connectivity index (χ4n) is 5.77. The number of fused-ring (bicyclic) bond motifs is 2. The van der Waals surface area contributed by atoms with E-state index < -0.39 is 35.0 Å². The molecule has 8 nitrogen and oxygen atoms in total. The molecule has 1 amide bonds. The van der Waals surface area contributed by atoms with Crippen LogP contribution in [0.4, 0.5) is 18.9 Å². The van der Waals surface area contributed by atoms with E-state index in [4.69, 9.17) is 9.47 Å². The van der Waals surface area contributed by atoms with Crippen molar-refractivity contribution in [1.82, 2.24) is 4.57 Å². The fraction of sp³-hybridized carbons (Fsp3) is 0.559. The molecule has 0 bridgehead atoms. The van der Waals surface area contributed by atoms with Gasteiger partial charge >= 0.3 is 6.29 Å². The minimum atomic E-state index is -3.76. The Morgan fingerprint density at radius 2 is 1.73 bits per heavy atom. The van der Waals surface area contributed by atoms with Gasteiger partial charge in [-0.3, -0.25) is 4.79 Å². The summed E-state index contributed by atoms with van der Waals surface area (Å²) in [7, 11) is 0. The summed E-state index contributed by atoms with van der Waals surface area (Å²) in [4.78, 5) is 13.5. The summed E-state index contributed by atoms with van der Waals surface area (Å²) in [6.07, 6.45) is 0.232. The molecule has 0 saturated heterocycles. The maximum atomic E-state index is 15.7. The summed E-state index contributed by atoms with van der Waals surface area (Å²) in [5, 5.41) is 14.3. The Morgan fingerprint density at radius 3 is 2.42 bits per heavy atom. The number of amides is 1. The summed E-state index contributed by atoms with van der Waals surface area (Å²) in [6, 6.07) is 9.21. The lowest BCUT2D eigenvalue weighted by Gasteiger charge is -2.28. The quantitative estimate of drug-likeness (QED) is 0.165. The number of aliphatic hydroxyl groups excluding tert-OH is 1. The number of benzene rings is 2. The Morgan fingerprint density at radius 1 is 1.04 bits per heavy atom. The molecule has 45 heavy (non-hydrogen) atoms. The van der Waals surface area contributed by atoms with Gasteiger partial charge in [-0.25, -0.2) is 4.39 Å². The average Bonchev–Trinajstić information content (AvgIpc) is 3.64. The van der Waals surface area contributed by atoms with Crippen LogP contribution in [0.2, 0.25) is 0 Å². The second kappa shape index (κ2) is 13.2. The normalized spacial score (nSPS) is 17.1. The van der Waals surface area contributed by atoms with Crippen molar-refractivity contribution in [3.63, 3.8) is 0 Å². The van der Waals surface area contributed by atoms with Crippen molar-refractivity contribution < 1.29 is 42.0 Å². The molecule has 1 fully saturated rings. The third-order valence-electron chi connectivity index (χ3n) is 8.52. The summed E-state index contributed by atoms with van der Waals surface area (Å²) >= 11 is 0. The van der Waals surface area contributed by atoms with Gasteiger partial charge in [0.1, 0.15) is 5.82 Å². The first-order chi connectivity index (χ1) is 21.4. The Kier molecular flexibility index (Phi) is 9.72. The number of carbonyl (C=O) groups is 1. The van der Waals surface area contributed by atoms with Crippen LogP contribution in [0.25, 0.3) is 10.9 Å². The van der Waals surface area contributed by atoms with E-state index in [0.717, 1.165) is 31.4 Å². The molecule has 0 spiro atoms. The number of rotatable bonds is 16. The molecular formula is C34H43F3N2O6. The van der Waals surface area contributed by atoms with E-state index in [1.165, 1.54) is 18.2 Å². The van der Waals surface area contributed by atoms with Gasteiger partial charge in [0.15, 0.2) is 11.5 Å². The fourth-order valence-corrected chi connectivity index (χ4v) is 5.77. The van der Waals surface area contributed by atoms with Crippen molar-refractivity contribution in [2.45, 2.75) is 96.0 Å². The van der Waals surface area contributed by atoms with Gasteiger partial charge in [0.05, 0.1) is 42.5 Å². The Hall–Kier alpha value is -3.28. The lowest BCUT2D eigenvalue weighted by atomic mass is 9.90. The number of carbonyl (C=O) groups excluding carboxylic acids is 1. The van der Waals surface area contributed by atoms with Crippen molar-refractivity contribution in [2.75, 3.05) is 31.7 Å². The van der Waals surface area contributed by atoms with E-state index in [0.29, 0.717) is 49.1 Å². The van der Waals surface area contributed by atoms with Crippen LogP contribution < -0.4 is 14.8 Å². The zero-order valence-corrected chi connectivity index (χ0v) is 26.4. The second-order valence-corrected chi connectivity index (χ2v) is 12.8. The number of nitrogens with one attached hydrogen (secondary N) is 1. The van der Waals surface area contributed by atoms with Gasteiger partial charge in [0.25, 0.3) is 0 Å². The topological polar surface area (TPSA) is 91.2 Å². The van der Waals surface area contributed by atoms with E-state index in [9.17, 15) is 18.7 Å². The number of halogens is 3. The van der Waals surface area contributed by atoms with Crippen LogP contribution in [0.15, 0.2) is 36.4 Å². The zero-order valence-electron chi connectivity index (χ0n) is 26.4. The van der Waals surface area contributed by atoms with E-state index in [2.05, 4.69) is 28.6 Å². The first-order valence-electron chi connectivity index (χ1n) is 15.8. The summed E-state index contributed by atoms with van der Waals surface area (Å²) in [5.74, 6) is -1.31. The van der Waals surface area contributed by atoms with Crippen molar-refractivity contribution in [1.29, 1.82) is 0 Å². The summed E-state index contributed by atoms with van der Waals surface area (Å²) < 4.78 is 65.4. The number of ether oxygens (including phenoxy) is 4. The standard InChI is InChI=1S/C34H43F3N2O6/c1-5-7-13-42-20-24(40)19-39-27-18-25(35)26(15-22(27)16-30(39)32(3,4)21-43-14-8-6-2)38-31(41)33(11-12-33)23-9-10-28-29(17-23)45-34(36,37)44-28/h9-10,15-18,24,40H,5-8,11-14,19-21H2,1-4H3,(H,38,41)/t24-/m1/s1. The number of aromatic nitrogens is 1. The number of anilines is 1. The molecule has 2 N–H and O–H groups in total. The third kappa shape index (κ3) is 7.26. The molecule has 1 aromatic heterocycles. The Labute approximate surface area is 261 Å². The number of hydrogen-bond donors (Lipinski definition) is 2. The highest BCUT2D eigenvalue weighted by molar-refractivity contribution is 6.03. The molecule has 0 unspecified atom stereocenters. The monoisotopic (exact) mass is 632 g/mol. The van der Waals surface area contributed by atoms with Crippen LogP contribution in [0, 0.1) is 5.82 Å². The van der Waals surface area contributed by atoms with Gasteiger partial charge in [0, 0.05) is 35.8 Å². The molecule has 0 radical (unpaired) electrons. The SMILES string of the molecule is CCCCOC[C@H](O)Cn1c(C(C)(C)COCCCC)cc2cc(NC(=O)C3(c4ccc5c(c4)OC(F)(F)O5)CC3)c(F)cc21. The second-order valence-electron chi connectivity index (χ2n) is 12.8. The molecule has 2 heterocycles. The molecule has 2 aliphatic rings. The van der Waals surface area contributed by atoms with Crippen LogP contribution in [0.3, 0.4) is 0 Å². The molecule has 246 valence electrons. The van der Waals surface area contributed by atoms with Gasteiger partial charge in [-0.1, -0.05) is 46.6 Å². The zero-order chi connectivity index (χ0) is 32.4. The molecular weight excluding hydrogens is 589 g/mol. The lowest BCUT2D eigenvalue weighted by molar-refractivity contribution is -0.286. The van der Waals surface area contributed by atoms with E-state index in [1.54, 1.807) is 12.1 Å². The number of unbranched alkanes of at least 4 members (excludes halogenated alkanes) is 2. The van der Waals surface area contributed by atoms with Crippen LogP contribution in [0.1, 0.15) is 77.5 Å². The van der Waals surface area contributed by atoms with Gasteiger partial charge in [-0.2, -0.15) is 0 Å². The predicted molar refractivity (Wildman–Crippen MR) is 165 cm³/mol. The number of nitrogens with zero attached hydrogens (tertiary/aromatic N) is 1. The largest absolute Gasteiger partial charge is 0.586 e. The van der Waals surface area contributed by atoms with Crippen LogP contribution in [0.5, 0.6) is 11.5 Å². The Balaban J connectivity index is 1.41. The molecule has 1 aliphatic heterocycles. The van der Waals surface area contributed by atoms with Crippen molar-refractivity contribution in [2.24, 2.45) is 0 Å². The van der Waals surface area contributed by atoms with Gasteiger partial charge < -0.3 is 33.9 Å². The predicted octanol–water partition coefficient (Wildman–Crippen LogP) is 7.04. The van der Waals surface area contributed by atoms with Crippen LogP contribution >= 0.6 is 0 Å². The molecule has 1 saturated carbocycles. The van der Waals surface area contributed by atoms with E-state index in [1.807, 2.05) is 24.5 Å². The highest BCUT2D eigenvalue weighted by Gasteiger charge is 2.53. The lowest BCUT2D eigenvalue weighted by Crippen LogP contribution is -2.31. The molecule has 5 rings (SSSR count). The number of alkyl halides is 2. The first-order valence-corrected chi connectivity index (χ1v) is 15.8. The van der Waals surface area contributed by atoms with Crippen molar-refractivity contribution in [3.05, 3.63) is 53.5 Å². The molecule has 2 aromatic carbocycles. The van der Waals surface area contributed by atoms with E-state index >= 15 is 4.39 Å². The number of hydrogen-bond acceptors (Lipinski definition) is 6. The molecule has 1 atom stereocenters. The molecule has 3 aromatic rings.